The minimum absolute atomic E-state index is 0.253. The first-order valence-corrected chi connectivity index (χ1v) is 5.82. The number of hydrogen-bond acceptors (Lipinski definition) is 2. The molecule has 0 unspecified atom stereocenters. The first-order chi connectivity index (χ1) is 7.58. The molecule has 0 aliphatic carbocycles. The van der Waals surface area contributed by atoms with Crippen LogP contribution < -0.4 is 0 Å². The Balaban J connectivity index is 2.39. The van der Waals surface area contributed by atoms with E-state index < -0.39 is 0 Å². The lowest BCUT2D eigenvalue weighted by atomic mass is 10.2. The van der Waals surface area contributed by atoms with Gasteiger partial charge < -0.3 is 4.42 Å². The van der Waals surface area contributed by atoms with E-state index in [-0.39, 0.29) is 5.38 Å². The van der Waals surface area contributed by atoms with Crippen LogP contribution in [0.5, 0.6) is 0 Å². The lowest BCUT2D eigenvalue weighted by Crippen LogP contribution is -1.80. The van der Waals surface area contributed by atoms with Gasteiger partial charge in [0.05, 0.1) is 16.2 Å². The standard InChI is InChI=1S/C11H8Cl3NO/c1-6(12)11-15-5-10(16-11)7-2-3-8(13)9(14)4-7/h2-6H,1H3/t6-/m1/s1. The number of oxazole rings is 1. The Morgan fingerprint density at radius 1 is 1.25 bits per heavy atom. The molecule has 1 atom stereocenters. The monoisotopic (exact) mass is 275 g/mol. The van der Waals surface area contributed by atoms with Crippen molar-refractivity contribution < 1.29 is 4.42 Å². The van der Waals surface area contributed by atoms with Crippen molar-refractivity contribution in [3.63, 3.8) is 0 Å². The summed E-state index contributed by atoms with van der Waals surface area (Å²) >= 11 is 17.6. The molecule has 2 nitrogen and oxygen atoms in total. The summed E-state index contributed by atoms with van der Waals surface area (Å²) in [4.78, 5) is 4.07. The molecule has 0 N–H and O–H groups in total. The molecule has 1 aromatic carbocycles. The van der Waals surface area contributed by atoms with Crippen molar-refractivity contribution in [2.45, 2.75) is 12.3 Å². The molecule has 0 saturated carbocycles. The molecule has 5 heteroatoms. The van der Waals surface area contributed by atoms with Gasteiger partial charge in [0.1, 0.15) is 5.38 Å². The van der Waals surface area contributed by atoms with Gasteiger partial charge in [-0.25, -0.2) is 4.98 Å². The average Bonchev–Trinajstić information content (AvgIpc) is 2.71. The van der Waals surface area contributed by atoms with E-state index in [2.05, 4.69) is 4.98 Å². The highest BCUT2D eigenvalue weighted by Gasteiger charge is 2.11. The van der Waals surface area contributed by atoms with E-state index in [1.807, 2.05) is 6.07 Å². The van der Waals surface area contributed by atoms with Crippen molar-refractivity contribution in [1.29, 1.82) is 0 Å². The van der Waals surface area contributed by atoms with Crippen molar-refractivity contribution in [2.24, 2.45) is 0 Å². The summed E-state index contributed by atoms with van der Waals surface area (Å²) in [5.41, 5.74) is 0.825. The van der Waals surface area contributed by atoms with Crippen LogP contribution in [0, 0.1) is 0 Å². The van der Waals surface area contributed by atoms with Crippen LogP contribution >= 0.6 is 34.8 Å². The minimum atomic E-state index is -0.253. The predicted octanol–water partition coefficient (Wildman–Crippen LogP) is 4.95. The summed E-state index contributed by atoms with van der Waals surface area (Å²) in [5.74, 6) is 1.11. The van der Waals surface area contributed by atoms with Crippen LogP contribution in [0.25, 0.3) is 11.3 Å². The second-order valence-electron chi connectivity index (χ2n) is 3.31. The Morgan fingerprint density at radius 2 is 2.00 bits per heavy atom. The largest absolute Gasteiger partial charge is 0.439 e. The summed E-state index contributed by atoms with van der Waals surface area (Å²) in [6.45, 7) is 1.80. The highest BCUT2D eigenvalue weighted by atomic mass is 35.5. The Morgan fingerprint density at radius 3 is 2.56 bits per heavy atom. The zero-order chi connectivity index (χ0) is 11.7. The SMILES string of the molecule is C[C@@H](Cl)c1ncc(-c2ccc(Cl)c(Cl)c2)o1. The van der Waals surface area contributed by atoms with E-state index in [0.717, 1.165) is 5.56 Å². The molecule has 2 aromatic rings. The van der Waals surface area contributed by atoms with Gasteiger partial charge >= 0.3 is 0 Å². The second-order valence-corrected chi connectivity index (χ2v) is 4.78. The number of aromatic nitrogens is 1. The molecule has 0 aliphatic rings. The molecular weight excluding hydrogens is 268 g/mol. The molecule has 2 rings (SSSR count). The van der Waals surface area contributed by atoms with Crippen LogP contribution in [0.1, 0.15) is 18.2 Å². The van der Waals surface area contributed by atoms with Crippen LogP contribution in [0.2, 0.25) is 10.0 Å². The van der Waals surface area contributed by atoms with Gasteiger partial charge in [-0.15, -0.1) is 11.6 Å². The Hall–Kier alpha value is -0.700. The maximum atomic E-state index is 5.91. The number of nitrogens with zero attached hydrogens (tertiary/aromatic N) is 1. The quantitative estimate of drug-likeness (QED) is 0.725. The zero-order valence-electron chi connectivity index (χ0n) is 8.38. The molecule has 0 spiro atoms. The smallest absolute Gasteiger partial charge is 0.212 e. The first kappa shape index (κ1) is 11.8. The zero-order valence-corrected chi connectivity index (χ0v) is 10.6. The summed E-state index contributed by atoms with van der Waals surface area (Å²) < 4.78 is 5.48. The van der Waals surface area contributed by atoms with Gasteiger partial charge in [-0.2, -0.15) is 0 Å². The third-order valence-corrected chi connectivity index (χ3v) is 2.99. The van der Waals surface area contributed by atoms with E-state index >= 15 is 0 Å². The molecule has 16 heavy (non-hydrogen) atoms. The van der Waals surface area contributed by atoms with Gasteiger partial charge in [-0.05, 0) is 25.1 Å². The molecule has 0 aliphatic heterocycles. The van der Waals surface area contributed by atoms with Crippen molar-refractivity contribution in [3.05, 3.63) is 40.3 Å². The number of benzene rings is 1. The molecule has 0 saturated heterocycles. The van der Waals surface area contributed by atoms with E-state index in [4.69, 9.17) is 39.2 Å². The second kappa shape index (κ2) is 4.66. The van der Waals surface area contributed by atoms with Crippen molar-refractivity contribution in [2.75, 3.05) is 0 Å². The molecule has 84 valence electrons. The van der Waals surface area contributed by atoms with Crippen molar-refractivity contribution >= 4 is 34.8 Å². The van der Waals surface area contributed by atoms with Gasteiger partial charge in [-0.1, -0.05) is 23.2 Å². The third-order valence-electron chi connectivity index (χ3n) is 2.07. The number of alkyl halides is 1. The van der Waals surface area contributed by atoms with Crippen LogP contribution in [0.3, 0.4) is 0 Å². The number of halogens is 3. The topological polar surface area (TPSA) is 26.0 Å². The third kappa shape index (κ3) is 2.34. The molecule has 0 radical (unpaired) electrons. The van der Waals surface area contributed by atoms with E-state index in [0.29, 0.717) is 21.7 Å². The Kier molecular flexibility index (Phi) is 3.43. The van der Waals surface area contributed by atoms with Crippen molar-refractivity contribution in [1.82, 2.24) is 4.98 Å². The maximum Gasteiger partial charge on any atom is 0.212 e. The fourth-order valence-corrected chi connectivity index (χ4v) is 1.65. The predicted molar refractivity (Wildman–Crippen MR) is 66.2 cm³/mol. The molecule has 1 heterocycles. The average molecular weight is 277 g/mol. The lowest BCUT2D eigenvalue weighted by molar-refractivity contribution is 0.508. The normalized spacial score (nSPS) is 12.8. The Labute approximate surface area is 108 Å². The molecule has 0 fully saturated rings. The van der Waals surface area contributed by atoms with Crippen LogP contribution in [0.15, 0.2) is 28.8 Å². The summed E-state index contributed by atoms with van der Waals surface area (Å²) in [7, 11) is 0. The highest BCUT2D eigenvalue weighted by molar-refractivity contribution is 6.42. The Bertz CT molecular complexity index is 508. The molecule has 0 amide bonds. The van der Waals surface area contributed by atoms with Crippen LogP contribution in [-0.4, -0.2) is 4.98 Å². The fourth-order valence-electron chi connectivity index (χ4n) is 1.25. The van der Waals surface area contributed by atoms with Gasteiger partial charge in [0.2, 0.25) is 5.89 Å². The molecular formula is C11H8Cl3NO. The minimum Gasteiger partial charge on any atom is -0.439 e. The lowest BCUT2D eigenvalue weighted by Gasteiger charge is -1.99. The fraction of sp³-hybridized carbons (Fsp3) is 0.182. The summed E-state index contributed by atoms with van der Waals surface area (Å²) in [5, 5.41) is 0.739. The number of hydrogen-bond donors (Lipinski definition) is 0. The van der Waals surface area contributed by atoms with Crippen LogP contribution in [-0.2, 0) is 0 Å². The van der Waals surface area contributed by atoms with Crippen LogP contribution in [0.4, 0.5) is 0 Å². The van der Waals surface area contributed by atoms with Gasteiger partial charge in [0, 0.05) is 5.56 Å². The highest BCUT2D eigenvalue weighted by Crippen LogP contribution is 2.30. The first-order valence-electron chi connectivity index (χ1n) is 4.63. The van der Waals surface area contributed by atoms with E-state index in [1.54, 1.807) is 25.3 Å². The molecule has 0 bridgehead atoms. The van der Waals surface area contributed by atoms with Crippen molar-refractivity contribution in [3.8, 4) is 11.3 Å². The van der Waals surface area contributed by atoms with E-state index in [9.17, 15) is 0 Å². The number of rotatable bonds is 2. The maximum absolute atomic E-state index is 5.91. The molecule has 1 aromatic heterocycles. The van der Waals surface area contributed by atoms with Gasteiger partial charge in [0.25, 0.3) is 0 Å². The summed E-state index contributed by atoms with van der Waals surface area (Å²) in [6.07, 6.45) is 1.62. The van der Waals surface area contributed by atoms with Gasteiger partial charge in [0.15, 0.2) is 5.76 Å². The van der Waals surface area contributed by atoms with Gasteiger partial charge in [-0.3, -0.25) is 0 Å². The van der Waals surface area contributed by atoms with E-state index in [1.165, 1.54) is 0 Å². The summed E-state index contributed by atoms with van der Waals surface area (Å²) in [6, 6.07) is 5.26.